The third-order valence-electron chi connectivity index (χ3n) is 3.37. The van der Waals surface area contributed by atoms with Crippen molar-refractivity contribution < 1.29 is 9.21 Å². The van der Waals surface area contributed by atoms with Gasteiger partial charge in [-0.3, -0.25) is 4.79 Å². The Morgan fingerprint density at radius 2 is 2.24 bits per heavy atom. The summed E-state index contributed by atoms with van der Waals surface area (Å²) in [4.78, 5) is 13.9. The van der Waals surface area contributed by atoms with Crippen LogP contribution in [-0.4, -0.2) is 12.5 Å². The van der Waals surface area contributed by atoms with E-state index in [-0.39, 0.29) is 11.9 Å². The number of hydrogen-bond acceptors (Lipinski definition) is 4. The predicted molar refractivity (Wildman–Crippen MR) is 84.1 cm³/mol. The number of halogens is 1. The summed E-state index contributed by atoms with van der Waals surface area (Å²) in [6.07, 6.45) is 1.65. The molecule has 21 heavy (non-hydrogen) atoms. The molecule has 4 nitrogen and oxygen atoms in total. The minimum Gasteiger partial charge on any atom is -0.468 e. The van der Waals surface area contributed by atoms with Crippen molar-refractivity contribution in [3.8, 4) is 0 Å². The first kappa shape index (κ1) is 14.5. The van der Waals surface area contributed by atoms with Gasteiger partial charge in [0.15, 0.2) is 0 Å². The van der Waals surface area contributed by atoms with Crippen LogP contribution in [0.5, 0.6) is 0 Å². The Labute approximate surface area is 132 Å². The van der Waals surface area contributed by atoms with Crippen LogP contribution in [-0.2, 0) is 4.79 Å². The molecule has 3 rings (SSSR count). The molecule has 1 aromatic heterocycles. The standard InChI is InChI=1S/C15H15ClN2O2S/c1-3-17-14-9-6-10(16)13(7-11(9)18-15(14)19)21-12-4-5-20-8(12)2/h4-7,14,17H,3H2,1-2H3,(H,18,19). The smallest absolute Gasteiger partial charge is 0.246 e. The minimum atomic E-state index is -0.322. The van der Waals surface area contributed by atoms with Crippen LogP contribution in [0.25, 0.3) is 0 Å². The number of carbonyl (C=O) groups is 1. The Morgan fingerprint density at radius 1 is 1.43 bits per heavy atom. The monoisotopic (exact) mass is 322 g/mol. The van der Waals surface area contributed by atoms with Crippen LogP contribution in [0.3, 0.4) is 0 Å². The lowest BCUT2D eigenvalue weighted by atomic mass is 10.1. The molecule has 1 amide bonds. The van der Waals surface area contributed by atoms with Crippen molar-refractivity contribution in [3.05, 3.63) is 40.8 Å². The zero-order chi connectivity index (χ0) is 15.0. The Kier molecular flexibility index (Phi) is 3.97. The zero-order valence-electron chi connectivity index (χ0n) is 11.7. The van der Waals surface area contributed by atoms with Crippen molar-refractivity contribution in [1.29, 1.82) is 0 Å². The van der Waals surface area contributed by atoms with E-state index in [0.29, 0.717) is 5.02 Å². The predicted octanol–water partition coefficient (Wildman–Crippen LogP) is 4.00. The number of fused-ring (bicyclic) bond motifs is 1. The second-order valence-electron chi connectivity index (χ2n) is 4.79. The molecule has 0 saturated heterocycles. The third kappa shape index (κ3) is 2.69. The van der Waals surface area contributed by atoms with E-state index >= 15 is 0 Å². The van der Waals surface area contributed by atoms with Gasteiger partial charge in [0.1, 0.15) is 11.8 Å². The van der Waals surface area contributed by atoms with Gasteiger partial charge in [0.2, 0.25) is 5.91 Å². The summed E-state index contributed by atoms with van der Waals surface area (Å²) in [6, 6.07) is 5.37. The Hall–Kier alpha value is -1.43. The average Bonchev–Trinajstić information content (AvgIpc) is 2.97. The van der Waals surface area contributed by atoms with Crippen molar-refractivity contribution in [2.24, 2.45) is 0 Å². The van der Waals surface area contributed by atoms with Gasteiger partial charge in [-0.25, -0.2) is 0 Å². The highest BCUT2D eigenvalue weighted by molar-refractivity contribution is 7.99. The summed E-state index contributed by atoms with van der Waals surface area (Å²) in [5.74, 6) is 0.815. The molecule has 0 spiro atoms. The molecule has 110 valence electrons. The molecule has 6 heteroatoms. The Balaban J connectivity index is 1.94. The minimum absolute atomic E-state index is 0.0374. The van der Waals surface area contributed by atoms with Gasteiger partial charge in [0, 0.05) is 16.1 Å². The van der Waals surface area contributed by atoms with E-state index in [1.54, 1.807) is 6.26 Å². The second kappa shape index (κ2) is 5.75. The number of anilines is 1. The summed E-state index contributed by atoms with van der Waals surface area (Å²) >= 11 is 7.90. The van der Waals surface area contributed by atoms with Crippen molar-refractivity contribution in [3.63, 3.8) is 0 Å². The lowest BCUT2D eigenvalue weighted by Crippen LogP contribution is -2.27. The summed E-state index contributed by atoms with van der Waals surface area (Å²) in [7, 11) is 0. The van der Waals surface area contributed by atoms with Crippen LogP contribution in [0.2, 0.25) is 5.02 Å². The summed E-state index contributed by atoms with van der Waals surface area (Å²) in [5.41, 5.74) is 1.72. The van der Waals surface area contributed by atoms with Gasteiger partial charge < -0.3 is 15.1 Å². The van der Waals surface area contributed by atoms with Gasteiger partial charge in [0.05, 0.1) is 16.2 Å². The van der Waals surface area contributed by atoms with Crippen LogP contribution in [0.15, 0.2) is 38.7 Å². The molecule has 1 aliphatic heterocycles. The number of hydrogen-bond donors (Lipinski definition) is 2. The highest BCUT2D eigenvalue weighted by Gasteiger charge is 2.30. The number of benzene rings is 1. The van der Waals surface area contributed by atoms with Crippen molar-refractivity contribution in [1.82, 2.24) is 5.32 Å². The molecule has 1 aromatic carbocycles. The molecule has 1 aliphatic rings. The molecular weight excluding hydrogens is 308 g/mol. The molecule has 2 N–H and O–H groups in total. The lowest BCUT2D eigenvalue weighted by Gasteiger charge is -2.11. The maximum absolute atomic E-state index is 12.0. The van der Waals surface area contributed by atoms with Gasteiger partial charge >= 0.3 is 0 Å². The normalized spacial score (nSPS) is 16.9. The van der Waals surface area contributed by atoms with Crippen molar-refractivity contribution in [2.75, 3.05) is 11.9 Å². The van der Waals surface area contributed by atoms with Crippen LogP contribution in [0.1, 0.15) is 24.3 Å². The molecule has 0 radical (unpaired) electrons. The average molecular weight is 323 g/mol. The van der Waals surface area contributed by atoms with Gasteiger partial charge in [-0.1, -0.05) is 30.3 Å². The number of nitrogens with one attached hydrogen (secondary N) is 2. The largest absolute Gasteiger partial charge is 0.468 e. The van der Waals surface area contributed by atoms with Crippen molar-refractivity contribution >= 4 is 35.0 Å². The summed E-state index contributed by atoms with van der Waals surface area (Å²) < 4.78 is 5.29. The highest BCUT2D eigenvalue weighted by atomic mass is 35.5. The first-order chi connectivity index (χ1) is 10.1. The maximum atomic E-state index is 12.0. The SMILES string of the molecule is CCNC1C(=O)Nc2cc(Sc3ccoc3C)c(Cl)cc21. The van der Waals surface area contributed by atoms with E-state index in [2.05, 4.69) is 10.6 Å². The highest BCUT2D eigenvalue weighted by Crippen LogP contribution is 2.42. The van der Waals surface area contributed by atoms with Gasteiger partial charge in [0.25, 0.3) is 0 Å². The maximum Gasteiger partial charge on any atom is 0.246 e. The van der Waals surface area contributed by atoms with Gasteiger partial charge in [-0.2, -0.15) is 0 Å². The number of aryl methyl sites for hydroxylation is 1. The first-order valence-corrected chi connectivity index (χ1v) is 7.89. The number of furan rings is 1. The molecule has 2 heterocycles. The topological polar surface area (TPSA) is 54.3 Å². The number of likely N-dealkylation sites (N-methyl/N-ethyl adjacent to an activating group) is 1. The molecular formula is C15H15ClN2O2S. The van der Waals surface area contributed by atoms with Crippen molar-refractivity contribution in [2.45, 2.75) is 29.7 Å². The fourth-order valence-corrected chi connectivity index (χ4v) is 3.52. The Bertz CT molecular complexity index is 699. The number of rotatable bonds is 4. The third-order valence-corrected chi connectivity index (χ3v) is 5.00. The quantitative estimate of drug-likeness (QED) is 0.893. The fourth-order valence-electron chi connectivity index (χ4n) is 2.34. The summed E-state index contributed by atoms with van der Waals surface area (Å²) in [5, 5.41) is 6.69. The van der Waals surface area contributed by atoms with E-state index in [1.807, 2.05) is 32.0 Å². The molecule has 2 aromatic rings. The van der Waals surface area contributed by atoms with Crippen LogP contribution in [0.4, 0.5) is 5.69 Å². The van der Waals surface area contributed by atoms with Crippen LogP contribution >= 0.6 is 23.4 Å². The molecule has 0 fully saturated rings. The molecule has 0 aliphatic carbocycles. The van der Waals surface area contributed by atoms with E-state index in [1.165, 1.54) is 11.8 Å². The first-order valence-electron chi connectivity index (χ1n) is 6.69. The second-order valence-corrected chi connectivity index (χ2v) is 6.28. The molecule has 0 saturated carbocycles. The lowest BCUT2D eigenvalue weighted by molar-refractivity contribution is -0.117. The van der Waals surface area contributed by atoms with Crippen LogP contribution in [0, 0.1) is 6.92 Å². The molecule has 1 atom stereocenters. The zero-order valence-corrected chi connectivity index (χ0v) is 13.3. The van der Waals surface area contributed by atoms with Gasteiger partial charge in [-0.15, -0.1) is 0 Å². The van der Waals surface area contributed by atoms with Gasteiger partial charge in [-0.05, 0) is 31.7 Å². The van der Waals surface area contributed by atoms with E-state index in [9.17, 15) is 4.79 Å². The summed E-state index contributed by atoms with van der Waals surface area (Å²) in [6.45, 7) is 4.60. The number of amides is 1. The van der Waals surface area contributed by atoms with E-state index in [0.717, 1.165) is 33.3 Å². The molecule has 1 unspecified atom stereocenters. The van der Waals surface area contributed by atoms with E-state index in [4.69, 9.17) is 16.0 Å². The fraction of sp³-hybridized carbons (Fsp3) is 0.267. The number of carbonyl (C=O) groups excluding carboxylic acids is 1. The van der Waals surface area contributed by atoms with E-state index < -0.39 is 0 Å². The van der Waals surface area contributed by atoms with Crippen LogP contribution < -0.4 is 10.6 Å². The Morgan fingerprint density at radius 3 is 2.90 bits per heavy atom. The molecule has 0 bridgehead atoms.